The molecule has 0 amide bonds. The third-order valence-corrected chi connectivity index (χ3v) is 0.487. The van der Waals surface area contributed by atoms with Crippen LogP contribution in [0.15, 0.2) is 4.99 Å². The molecule has 0 spiro atoms. The van der Waals surface area contributed by atoms with E-state index in [1.54, 1.807) is 0 Å². The minimum absolute atomic E-state index is 0. The van der Waals surface area contributed by atoms with Crippen molar-refractivity contribution in [3.8, 4) is 0 Å². The van der Waals surface area contributed by atoms with E-state index in [1.807, 2.05) is 0 Å². The minimum Gasteiger partial charge on any atom is -0.482 e. The first-order valence-corrected chi connectivity index (χ1v) is 1.60. The highest BCUT2D eigenvalue weighted by atomic mass is 79.9. The van der Waals surface area contributed by atoms with Gasteiger partial charge in [0.2, 0.25) is 0 Å². The highest BCUT2D eigenvalue weighted by Crippen LogP contribution is 1.78. The van der Waals surface area contributed by atoms with Gasteiger partial charge in [0, 0.05) is 0 Å². The van der Waals surface area contributed by atoms with Gasteiger partial charge in [0.05, 0.1) is 6.54 Å². The van der Waals surface area contributed by atoms with Crippen LogP contribution in [0.2, 0.25) is 0 Å². The van der Waals surface area contributed by atoms with Gasteiger partial charge < -0.3 is 4.74 Å². The predicted octanol–water partition coefficient (Wildman–Crippen LogP) is 0.623. The number of hydrogen-bond donors (Lipinski definition) is 0. The highest BCUT2D eigenvalue weighted by molar-refractivity contribution is 8.93. The molecule has 0 unspecified atom stereocenters. The molecule has 1 aliphatic heterocycles. The summed E-state index contributed by atoms with van der Waals surface area (Å²) in [6, 6.07) is 0. The molecular weight excluding hydrogens is 146 g/mol. The van der Waals surface area contributed by atoms with Crippen LogP contribution in [0.4, 0.5) is 0 Å². The van der Waals surface area contributed by atoms with Crippen molar-refractivity contribution < 1.29 is 4.74 Å². The van der Waals surface area contributed by atoms with Gasteiger partial charge in [-0.15, -0.1) is 17.0 Å². The van der Waals surface area contributed by atoms with Gasteiger partial charge in [0.25, 0.3) is 0 Å². The Morgan fingerprint density at radius 2 is 2.50 bits per heavy atom. The molecule has 6 heavy (non-hydrogen) atoms. The zero-order chi connectivity index (χ0) is 3.54. The standard InChI is InChI=1S/C3H5NO.BrH/c1-2-5-3-4-1;/h3H,1-2H2;1H. The summed E-state index contributed by atoms with van der Waals surface area (Å²) in [6.07, 6.45) is 1.49. The molecule has 0 aromatic rings. The van der Waals surface area contributed by atoms with Crippen molar-refractivity contribution in [2.75, 3.05) is 13.2 Å². The summed E-state index contributed by atoms with van der Waals surface area (Å²) in [5.41, 5.74) is 0. The lowest BCUT2D eigenvalue weighted by molar-refractivity contribution is 0.361. The summed E-state index contributed by atoms with van der Waals surface area (Å²) in [4.78, 5) is 3.74. The van der Waals surface area contributed by atoms with Crippen molar-refractivity contribution >= 4 is 23.4 Å². The maximum atomic E-state index is 4.65. The largest absolute Gasteiger partial charge is 0.482 e. The smallest absolute Gasteiger partial charge is 0.169 e. The summed E-state index contributed by atoms with van der Waals surface area (Å²) in [5.74, 6) is 0. The van der Waals surface area contributed by atoms with E-state index >= 15 is 0 Å². The van der Waals surface area contributed by atoms with Crippen molar-refractivity contribution in [2.24, 2.45) is 4.99 Å². The number of halogens is 1. The Morgan fingerprint density at radius 3 is 2.67 bits per heavy atom. The van der Waals surface area contributed by atoms with Crippen LogP contribution in [0.1, 0.15) is 0 Å². The van der Waals surface area contributed by atoms with Gasteiger partial charge in [-0.2, -0.15) is 0 Å². The number of aliphatic imine (C=N–C) groups is 1. The zero-order valence-corrected chi connectivity index (χ0v) is 4.97. The van der Waals surface area contributed by atoms with Crippen molar-refractivity contribution in [3.05, 3.63) is 0 Å². The Labute approximate surface area is 47.0 Å². The first-order valence-electron chi connectivity index (χ1n) is 1.60. The van der Waals surface area contributed by atoms with E-state index in [0.29, 0.717) is 0 Å². The molecule has 1 heterocycles. The minimum atomic E-state index is 0. The van der Waals surface area contributed by atoms with Gasteiger partial charge in [-0.05, 0) is 0 Å². The van der Waals surface area contributed by atoms with E-state index in [-0.39, 0.29) is 17.0 Å². The molecule has 0 aromatic heterocycles. The Balaban J connectivity index is 0.000000250. The normalized spacial score (nSPS) is 16.0. The zero-order valence-electron chi connectivity index (χ0n) is 3.26. The summed E-state index contributed by atoms with van der Waals surface area (Å²) < 4.78 is 4.65. The molecule has 1 aliphatic rings. The fourth-order valence-electron chi connectivity index (χ4n) is 0.264. The van der Waals surface area contributed by atoms with Gasteiger partial charge in [0.15, 0.2) is 6.40 Å². The molecule has 0 saturated heterocycles. The van der Waals surface area contributed by atoms with Gasteiger partial charge in [-0.3, -0.25) is 4.99 Å². The molecule has 0 fully saturated rings. The molecule has 0 bridgehead atoms. The highest BCUT2D eigenvalue weighted by Gasteiger charge is 1.84. The third-order valence-electron chi connectivity index (χ3n) is 0.487. The van der Waals surface area contributed by atoms with Gasteiger partial charge in [0.1, 0.15) is 6.61 Å². The monoisotopic (exact) mass is 151 g/mol. The van der Waals surface area contributed by atoms with Crippen LogP contribution in [0.5, 0.6) is 0 Å². The first-order chi connectivity index (χ1) is 2.50. The van der Waals surface area contributed by atoms with Crippen LogP contribution < -0.4 is 0 Å². The lowest BCUT2D eigenvalue weighted by atomic mass is 10.8. The van der Waals surface area contributed by atoms with E-state index in [2.05, 4.69) is 9.73 Å². The molecule has 0 atom stereocenters. The van der Waals surface area contributed by atoms with Crippen LogP contribution >= 0.6 is 17.0 Å². The summed E-state index contributed by atoms with van der Waals surface area (Å²) in [6.45, 7) is 1.62. The summed E-state index contributed by atoms with van der Waals surface area (Å²) in [5, 5.41) is 0. The quantitative estimate of drug-likeness (QED) is 0.498. The average Bonchev–Trinajstić information content (AvgIpc) is 1.76. The van der Waals surface area contributed by atoms with Crippen LogP contribution in [-0.2, 0) is 4.74 Å². The van der Waals surface area contributed by atoms with Crippen LogP contribution in [0, 0.1) is 0 Å². The molecule has 0 aromatic carbocycles. The molecule has 1 rings (SSSR count). The van der Waals surface area contributed by atoms with Crippen molar-refractivity contribution in [1.29, 1.82) is 0 Å². The van der Waals surface area contributed by atoms with E-state index < -0.39 is 0 Å². The molecule has 36 valence electrons. The Kier molecular flexibility index (Phi) is 3.13. The molecule has 0 saturated carbocycles. The van der Waals surface area contributed by atoms with Crippen molar-refractivity contribution in [2.45, 2.75) is 0 Å². The fraction of sp³-hybridized carbons (Fsp3) is 0.667. The predicted molar refractivity (Wildman–Crippen MR) is 29.6 cm³/mol. The maximum absolute atomic E-state index is 4.65. The van der Waals surface area contributed by atoms with Crippen molar-refractivity contribution in [3.63, 3.8) is 0 Å². The Hall–Kier alpha value is -0.0500. The molecule has 0 N–H and O–H groups in total. The van der Waals surface area contributed by atoms with Gasteiger partial charge in [-0.25, -0.2) is 0 Å². The second-order valence-corrected chi connectivity index (χ2v) is 0.882. The summed E-state index contributed by atoms with van der Waals surface area (Å²) >= 11 is 0. The van der Waals surface area contributed by atoms with E-state index in [9.17, 15) is 0 Å². The van der Waals surface area contributed by atoms with Crippen LogP contribution in [0.3, 0.4) is 0 Å². The van der Waals surface area contributed by atoms with E-state index in [0.717, 1.165) is 13.2 Å². The molecule has 2 nitrogen and oxygen atoms in total. The maximum Gasteiger partial charge on any atom is 0.169 e. The number of ether oxygens (including phenoxy) is 1. The lowest BCUT2D eigenvalue weighted by Crippen LogP contribution is -1.80. The number of nitrogens with zero attached hydrogens (tertiary/aromatic N) is 1. The number of hydrogen-bond acceptors (Lipinski definition) is 2. The third kappa shape index (κ3) is 1.40. The molecule has 0 radical (unpaired) electrons. The summed E-state index contributed by atoms with van der Waals surface area (Å²) in [7, 11) is 0. The lowest BCUT2D eigenvalue weighted by Gasteiger charge is -1.76. The Bertz CT molecular complexity index is 48.8. The van der Waals surface area contributed by atoms with Crippen LogP contribution in [-0.4, -0.2) is 19.6 Å². The Morgan fingerprint density at radius 1 is 1.67 bits per heavy atom. The molecule has 0 aliphatic carbocycles. The second-order valence-electron chi connectivity index (χ2n) is 0.882. The SMILES string of the molecule is Br.C1=NCCO1. The van der Waals surface area contributed by atoms with E-state index in [1.165, 1.54) is 6.40 Å². The van der Waals surface area contributed by atoms with Gasteiger partial charge in [-0.1, -0.05) is 0 Å². The first kappa shape index (κ1) is 5.95. The van der Waals surface area contributed by atoms with Crippen LogP contribution in [0.25, 0.3) is 0 Å². The van der Waals surface area contributed by atoms with Gasteiger partial charge >= 0.3 is 0 Å². The molecular formula is C3H6BrNO. The fourth-order valence-corrected chi connectivity index (χ4v) is 0.264. The van der Waals surface area contributed by atoms with Crippen molar-refractivity contribution in [1.82, 2.24) is 0 Å². The number of rotatable bonds is 0. The average molecular weight is 152 g/mol. The molecule has 3 heteroatoms. The topological polar surface area (TPSA) is 21.6 Å². The second kappa shape index (κ2) is 3.15. The van der Waals surface area contributed by atoms with E-state index in [4.69, 9.17) is 0 Å².